The number of nitrogens with zero attached hydrogens (tertiary/aromatic N) is 2. The van der Waals surface area contributed by atoms with Gasteiger partial charge in [0, 0.05) is 5.69 Å². The van der Waals surface area contributed by atoms with E-state index in [0.29, 0.717) is 22.9 Å². The molecule has 3 N–H and O–H groups in total. The van der Waals surface area contributed by atoms with Crippen LogP contribution in [0.4, 0.5) is 17.2 Å². The molecular weight excluding hydrogens is 240 g/mol. The highest BCUT2D eigenvalue weighted by atomic mass is 16.5. The number of benzene rings is 1. The number of hydrogen-bond acceptors (Lipinski definition) is 5. The summed E-state index contributed by atoms with van der Waals surface area (Å²) in [6.45, 7) is 1.96. The SMILES string of the molecule is COc1nc(Nc2cc(C#N)ccc2C)ccc1N. The molecule has 0 spiro atoms. The lowest BCUT2D eigenvalue weighted by Gasteiger charge is -2.11. The molecule has 19 heavy (non-hydrogen) atoms. The Morgan fingerprint density at radius 3 is 2.79 bits per heavy atom. The maximum absolute atomic E-state index is 8.91. The normalized spacial score (nSPS) is 9.74. The smallest absolute Gasteiger partial charge is 0.238 e. The molecule has 0 aliphatic rings. The van der Waals surface area contributed by atoms with E-state index in [2.05, 4.69) is 16.4 Å². The summed E-state index contributed by atoms with van der Waals surface area (Å²) in [5, 5.41) is 12.1. The standard InChI is InChI=1S/C14H14N4O/c1-9-3-4-10(8-15)7-12(9)17-13-6-5-11(16)14(18-13)19-2/h3-7H,16H2,1-2H3,(H,17,18). The van der Waals surface area contributed by atoms with E-state index < -0.39 is 0 Å². The van der Waals surface area contributed by atoms with Gasteiger partial charge in [-0.1, -0.05) is 6.07 Å². The molecule has 0 radical (unpaired) electrons. The van der Waals surface area contributed by atoms with E-state index in [1.165, 1.54) is 7.11 Å². The van der Waals surface area contributed by atoms with Gasteiger partial charge in [0.25, 0.3) is 0 Å². The maximum atomic E-state index is 8.91. The van der Waals surface area contributed by atoms with Crippen molar-refractivity contribution in [3.8, 4) is 11.9 Å². The van der Waals surface area contributed by atoms with Gasteiger partial charge in [0.15, 0.2) is 0 Å². The molecule has 0 saturated heterocycles. The van der Waals surface area contributed by atoms with E-state index in [1.54, 1.807) is 24.3 Å². The highest BCUT2D eigenvalue weighted by Gasteiger charge is 2.05. The molecule has 2 aromatic rings. The second-order valence-corrected chi connectivity index (χ2v) is 4.06. The van der Waals surface area contributed by atoms with Crippen molar-refractivity contribution < 1.29 is 4.74 Å². The Morgan fingerprint density at radius 2 is 2.11 bits per heavy atom. The van der Waals surface area contributed by atoms with E-state index in [0.717, 1.165) is 11.3 Å². The average molecular weight is 254 g/mol. The Balaban J connectivity index is 2.33. The summed E-state index contributed by atoms with van der Waals surface area (Å²) in [5.74, 6) is 0.989. The molecule has 0 aliphatic carbocycles. The first-order chi connectivity index (χ1) is 9.13. The Bertz CT molecular complexity index is 646. The summed E-state index contributed by atoms with van der Waals surface area (Å²) in [6.07, 6.45) is 0. The van der Waals surface area contributed by atoms with Crippen LogP contribution < -0.4 is 15.8 Å². The van der Waals surface area contributed by atoms with Gasteiger partial charge in [0.1, 0.15) is 5.82 Å². The molecule has 0 fully saturated rings. The third-order valence-corrected chi connectivity index (χ3v) is 2.71. The first-order valence-corrected chi connectivity index (χ1v) is 5.72. The molecule has 0 bridgehead atoms. The number of hydrogen-bond donors (Lipinski definition) is 2. The van der Waals surface area contributed by atoms with E-state index in [1.807, 2.05) is 13.0 Å². The zero-order valence-corrected chi connectivity index (χ0v) is 10.8. The van der Waals surface area contributed by atoms with Crippen molar-refractivity contribution in [1.82, 2.24) is 4.98 Å². The zero-order chi connectivity index (χ0) is 13.8. The molecule has 1 heterocycles. The van der Waals surface area contributed by atoms with Crippen LogP contribution in [-0.2, 0) is 0 Å². The van der Waals surface area contributed by atoms with Crippen LogP contribution in [0.3, 0.4) is 0 Å². The van der Waals surface area contributed by atoms with Crippen LogP contribution >= 0.6 is 0 Å². The van der Waals surface area contributed by atoms with Crippen LogP contribution in [0.25, 0.3) is 0 Å². The lowest BCUT2D eigenvalue weighted by Crippen LogP contribution is -2.00. The summed E-state index contributed by atoms with van der Waals surface area (Å²) in [6, 6.07) is 11.0. The fraction of sp³-hybridized carbons (Fsp3) is 0.143. The van der Waals surface area contributed by atoms with Crippen molar-refractivity contribution in [2.75, 3.05) is 18.2 Å². The number of pyridine rings is 1. The summed E-state index contributed by atoms with van der Waals surface area (Å²) >= 11 is 0. The van der Waals surface area contributed by atoms with Gasteiger partial charge in [-0.25, -0.2) is 0 Å². The van der Waals surface area contributed by atoms with Gasteiger partial charge in [-0.2, -0.15) is 10.2 Å². The van der Waals surface area contributed by atoms with Crippen molar-refractivity contribution in [3.05, 3.63) is 41.5 Å². The molecule has 0 saturated carbocycles. The summed E-state index contributed by atoms with van der Waals surface area (Å²) < 4.78 is 5.07. The maximum Gasteiger partial charge on any atom is 0.238 e. The number of nitrogens with two attached hydrogens (primary N) is 1. The average Bonchev–Trinajstić information content (AvgIpc) is 2.43. The Hall–Kier alpha value is -2.74. The number of nitrogen functional groups attached to an aromatic ring is 1. The van der Waals surface area contributed by atoms with Crippen LogP contribution in [0, 0.1) is 18.3 Å². The van der Waals surface area contributed by atoms with Crippen LogP contribution in [0.2, 0.25) is 0 Å². The molecule has 1 aromatic carbocycles. The number of rotatable bonds is 3. The van der Waals surface area contributed by atoms with Crippen LogP contribution in [0.1, 0.15) is 11.1 Å². The molecule has 2 rings (SSSR count). The zero-order valence-electron chi connectivity index (χ0n) is 10.8. The molecule has 5 nitrogen and oxygen atoms in total. The molecule has 0 atom stereocenters. The number of nitrogens with one attached hydrogen (secondary N) is 1. The minimum Gasteiger partial charge on any atom is -0.479 e. The number of anilines is 3. The first-order valence-electron chi connectivity index (χ1n) is 5.72. The Kier molecular flexibility index (Phi) is 3.53. The fourth-order valence-electron chi connectivity index (χ4n) is 1.65. The van der Waals surface area contributed by atoms with Crippen LogP contribution in [0.5, 0.6) is 5.88 Å². The number of methoxy groups -OCH3 is 1. The molecule has 0 amide bonds. The van der Waals surface area contributed by atoms with E-state index in [9.17, 15) is 0 Å². The first kappa shape index (κ1) is 12.7. The molecule has 96 valence electrons. The fourth-order valence-corrected chi connectivity index (χ4v) is 1.65. The number of nitriles is 1. The topological polar surface area (TPSA) is 84.0 Å². The van der Waals surface area contributed by atoms with Crippen molar-refractivity contribution >= 4 is 17.2 Å². The summed E-state index contributed by atoms with van der Waals surface area (Å²) in [5.41, 5.74) is 8.64. The number of aromatic nitrogens is 1. The van der Waals surface area contributed by atoms with Crippen molar-refractivity contribution in [1.29, 1.82) is 5.26 Å². The third kappa shape index (κ3) is 2.75. The number of aryl methyl sites for hydroxylation is 1. The van der Waals surface area contributed by atoms with Gasteiger partial charge in [-0.3, -0.25) is 0 Å². The largest absolute Gasteiger partial charge is 0.479 e. The highest BCUT2D eigenvalue weighted by molar-refractivity contribution is 5.64. The third-order valence-electron chi connectivity index (χ3n) is 2.71. The Labute approximate surface area is 111 Å². The lowest BCUT2D eigenvalue weighted by atomic mass is 10.1. The second-order valence-electron chi connectivity index (χ2n) is 4.06. The Morgan fingerprint density at radius 1 is 1.32 bits per heavy atom. The molecular formula is C14H14N4O. The van der Waals surface area contributed by atoms with Gasteiger partial charge in [0.05, 0.1) is 24.4 Å². The van der Waals surface area contributed by atoms with Crippen LogP contribution in [-0.4, -0.2) is 12.1 Å². The second kappa shape index (κ2) is 5.27. The minimum absolute atomic E-state index is 0.374. The van der Waals surface area contributed by atoms with Gasteiger partial charge in [-0.15, -0.1) is 0 Å². The van der Waals surface area contributed by atoms with Crippen molar-refractivity contribution in [2.24, 2.45) is 0 Å². The monoisotopic (exact) mass is 254 g/mol. The molecule has 0 aliphatic heterocycles. The highest BCUT2D eigenvalue weighted by Crippen LogP contribution is 2.25. The van der Waals surface area contributed by atoms with Crippen molar-refractivity contribution in [3.63, 3.8) is 0 Å². The predicted molar refractivity (Wildman–Crippen MR) is 74.4 cm³/mol. The number of ether oxygens (including phenoxy) is 1. The minimum atomic E-state index is 0.374. The van der Waals surface area contributed by atoms with E-state index in [4.69, 9.17) is 15.7 Å². The van der Waals surface area contributed by atoms with Gasteiger partial charge >= 0.3 is 0 Å². The van der Waals surface area contributed by atoms with Gasteiger partial charge in [0.2, 0.25) is 5.88 Å². The van der Waals surface area contributed by atoms with Gasteiger partial charge < -0.3 is 15.8 Å². The van der Waals surface area contributed by atoms with Crippen molar-refractivity contribution in [2.45, 2.75) is 6.92 Å². The summed E-state index contributed by atoms with van der Waals surface area (Å²) in [7, 11) is 1.52. The quantitative estimate of drug-likeness (QED) is 0.879. The molecule has 5 heteroatoms. The molecule has 0 unspecified atom stereocenters. The van der Waals surface area contributed by atoms with E-state index in [-0.39, 0.29) is 0 Å². The molecule has 1 aromatic heterocycles. The summed E-state index contributed by atoms with van der Waals surface area (Å²) in [4.78, 5) is 4.24. The van der Waals surface area contributed by atoms with Gasteiger partial charge in [-0.05, 0) is 36.8 Å². The van der Waals surface area contributed by atoms with Crippen LogP contribution in [0.15, 0.2) is 30.3 Å². The predicted octanol–water partition coefficient (Wildman–Crippen LogP) is 2.60. The lowest BCUT2D eigenvalue weighted by molar-refractivity contribution is 0.401. The van der Waals surface area contributed by atoms with E-state index >= 15 is 0 Å².